The van der Waals surface area contributed by atoms with E-state index >= 15 is 0 Å². The molecule has 294 valence electrons. The summed E-state index contributed by atoms with van der Waals surface area (Å²) >= 11 is 1.86. The van der Waals surface area contributed by atoms with Crippen LogP contribution in [0, 0.1) is 0 Å². The molecular weight excluding hydrogens is 785 g/mol. The fraction of sp³-hybridized carbons (Fsp3) is 0.0169. The predicted octanol–water partition coefficient (Wildman–Crippen LogP) is 16.2. The lowest BCUT2D eigenvalue weighted by molar-refractivity contribution is 0.435. The van der Waals surface area contributed by atoms with Crippen molar-refractivity contribution in [1.29, 1.82) is 0 Å². The van der Waals surface area contributed by atoms with Crippen molar-refractivity contribution in [2.45, 2.75) is 5.41 Å². The summed E-state index contributed by atoms with van der Waals surface area (Å²) in [6.07, 6.45) is 0. The molecule has 0 fully saturated rings. The van der Waals surface area contributed by atoms with Crippen LogP contribution in [0.3, 0.4) is 0 Å². The minimum atomic E-state index is -0.606. The van der Waals surface area contributed by atoms with Gasteiger partial charge >= 0.3 is 0 Å². The highest BCUT2D eigenvalue weighted by Gasteiger charge is 2.49. The Morgan fingerprint density at radius 1 is 0.397 bits per heavy atom. The summed E-state index contributed by atoms with van der Waals surface area (Å²) < 4.78 is 11.7. The summed E-state index contributed by atoms with van der Waals surface area (Å²) in [7, 11) is 0. The maximum absolute atomic E-state index is 6.73. The number of benzene rings is 10. The number of hydrogen-bond donors (Lipinski definition) is 0. The Balaban J connectivity index is 1.09. The van der Waals surface area contributed by atoms with Crippen molar-refractivity contribution in [3.63, 3.8) is 0 Å². The second kappa shape index (κ2) is 13.0. The molecule has 2 aliphatic rings. The number of ether oxygens (including phenoxy) is 1. The summed E-state index contributed by atoms with van der Waals surface area (Å²) in [5, 5.41) is 7.45. The molecule has 0 saturated carbocycles. The Kier molecular flexibility index (Phi) is 7.20. The van der Waals surface area contributed by atoms with Crippen LogP contribution in [-0.4, -0.2) is 4.57 Å². The number of hydrogen-bond acceptors (Lipinski definition) is 3. The first-order valence-corrected chi connectivity index (χ1v) is 22.4. The Bertz CT molecular complexity index is 3810. The average Bonchev–Trinajstić information content (AvgIpc) is 3.89. The molecule has 3 nitrogen and oxygen atoms in total. The molecule has 14 rings (SSSR count). The van der Waals surface area contributed by atoms with E-state index in [2.05, 4.69) is 228 Å². The minimum absolute atomic E-state index is 0.606. The zero-order valence-corrected chi connectivity index (χ0v) is 34.8. The average molecular weight is 821 g/mol. The molecule has 1 spiro atoms. The normalized spacial score (nSPS) is 13.3. The van der Waals surface area contributed by atoms with Crippen molar-refractivity contribution in [1.82, 2.24) is 4.57 Å². The van der Waals surface area contributed by atoms with Gasteiger partial charge in [-0.1, -0.05) is 140 Å². The maximum Gasteiger partial charge on any atom is 0.132 e. The number of nitrogens with zero attached hydrogens (tertiary/aromatic N) is 2. The van der Waals surface area contributed by atoms with E-state index < -0.39 is 5.41 Å². The van der Waals surface area contributed by atoms with Crippen LogP contribution in [0.4, 0.5) is 17.1 Å². The first-order valence-electron chi connectivity index (χ1n) is 21.6. The summed E-state index contributed by atoms with van der Waals surface area (Å²) in [6, 6.07) is 80.4. The molecule has 1 aliphatic carbocycles. The van der Waals surface area contributed by atoms with E-state index in [-0.39, 0.29) is 0 Å². The topological polar surface area (TPSA) is 17.4 Å². The molecule has 0 N–H and O–H groups in total. The molecule has 0 amide bonds. The second-order valence-electron chi connectivity index (χ2n) is 16.8. The highest BCUT2D eigenvalue weighted by atomic mass is 32.1. The quantitative estimate of drug-likeness (QED) is 0.176. The van der Waals surface area contributed by atoms with Crippen molar-refractivity contribution < 1.29 is 4.74 Å². The Morgan fingerprint density at radius 2 is 1.00 bits per heavy atom. The molecule has 1 aliphatic heterocycles. The Hall–Kier alpha value is -7.92. The highest BCUT2D eigenvalue weighted by molar-refractivity contribution is 7.25. The molecule has 0 radical (unpaired) electrons. The molecule has 0 saturated heterocycles. The van der Waals surface area contributed by atoms with Crippen molar-refractivity contribution >= 4 is 81.1 Å². The van der Waals surface area contributed by atoms with E-state index in [0.29, 0.717) is 0 Å². The highest BCUT2D eigenvalue weighted by Crippen LogP contribution is 2.62. The molecule has 63 heavy (non-hydrogen) atoms. The lowest BCUT2D eigenvalue weighted by Crippen LogP contribution is -2.36. The molecular formula is C59H36N2OS. The lowest BCUT2D eigenvalue weighted by atomic mass is 9.58. The van der Waals surface area contributed by atoms with Gasteiger partial charge in [-0.2, -0.15) is 0 Å². The largest absolute Gasteiger partial charge is 0.457 e. The third kappa shape index (κ3) is 4.73. The van der Waals surface area contributed by atoms with Gasteiger partial charge in [0.05, 0.1) is 22.1 Å². The number of rotatable bonds is 4. The summed E-state index contributed by atoms with van der Waals surface area (Å²) in [5.41, 5.74) is 13.6. The van der Waals surface area contributed by atoms with E-state index in [1.54, 1.807) is 0 Å². The molecule has 12 aromatic rings. The third-order valence-electron chi connectivity index (χ3n) is 13.6. The van der Waals surface area contributed by atoms with E-state index in [1.807, 2.05) is 11.3 Å². The predicted molar refractivity (Wildman–Crippen MR) is 263 cm³/mol. The Labute approximate surface area is 367 Å². The molecule has 0 atom stereocenters. The number of thiophene rings is 1. The fourth-order valence-corrected chi connectivity index (χ4v) is 12.2. The van der Waals surface area contributed by atoms with Crippen LogP contribution < -0.4 is 9.64 Å². The van der Waals surface area contributed by atoms with Crippen LogP contribution in [0.5, 0.6) is 11.5 Å². The number of aromatic nitrogens is 1. The van der Waals surface area contributed by atoms with Gasteiger partial charge in [0.2, 0.25) is 0 Å². The van der Waals surface area contributed by atoms with Gasteiger partial charge in [0.15, 0.2) is 0 Å². The fourth-order valence-electron chi connectivity index (χ4n) is 11.1. The van der Waals surface area contributed by atoms with Crippen LogP contribution in [0.25, 0.3) is 69.6 Å². The number of para-hydroxylation sites is 4. The Morgan fingerprint density at radius 3 is 1.83 bits per heavy atom. The van der Waals surface area contributed by atoms with Crippen molar-refractivity contribution in [3.8, 4) is 28.3 Å². The van der Waals surface area contributed by atoms with Gasteiger partial charge in [0.25, 0.3) is 0 Å². The molecule has 3 heterocycles. The maximum atomic E-state index is 6.73. The van der Waals surface area contributed by atoms with Crippen molar-refractivity contribution in [2.75, 3.05) is 4.90 Å². The monoisotopic (exact) mass is 820 g/mol. The van der Waals surface area contributed by atoms with Gasteiger partial charge in [0.1, 0.15) is 11.5 Å². The molecule has 2 aromatic heterocycles. The zero-order valence-electron chi connectivity index (χ0n) is 34.0. The van der Waals surface area contributed by atoms with Gasteiger partial charge in [-0.15, -0.1) is 11.3 Å². The minimum Gasteiger partial charge on any atom is -0.457 e. The van der Waals surface area contributed by atoms with Crippen molar-refractivity contribution in [2.24, 2.45) is 0 Å². The lowest BCUT2D eigenvalue weighted by Gasteiger charge is -2.45. The summed E-state index contributed by atoms with van der Waals surface area (Å²) in [4.78, 5) is 2.50. The van der Waals surface area contributed by atoms with Gasteiger partial charge in [0, 0.05) is 64.5 Å². The standard InChI is InChI=1S/C59H36N2OS/c1-2-15-37(16-3-1)61-51-25-10-5-18-41(51)45-35-38(29-32-53(45)61)60(39-30-34-57-46(36-39)42-19-6-13-28-56(42)63-57)52-33-31-43-40-17-4-7-21-47(40)59(50-24-14-20-44(52)58(43)50)48-22-8-11-26-54(48)62-55-27-12-9-23-49(55)59/h1-36H. The van der Waals surface area contributed by atoms with Crippen LogP contribution >= 0.6 is 11.3 Å². The van der Waals surface area contributed by atoms with Crippen LogP contribution in [0.2, 0.25) is 0 Å². The summed E-state index contributed by atoms with van der Waals surface area (Å²) in [6.45, 7) is 0. The molecule has 4 heteroatoms. The van der Waals surface area contributed by atoms with Gasteiger partial charge < -0.3 is 14.2 Å². The van der Waals surface area contributed by atoms with E-state index in [4.69, 9.17) is 4.74 Å². The van der Waals surface area contributed by atoms with Crippen molar-refractivity contribution in [3.05, 3.63) is 241 Å². The van der Waals surface area contributed by atoms with Gasteiger partial charge in [-0.3, -0.25) is 0 Å². The second-order valence-corrected chi connectivity index (χ2v) is 17.8. The van der Waals surface area contributed by atoms with E-state index in [1.165, 1.54) is 75.0 Å². The third-order valence-corrected chi connectivity index (χ3v) is 14.8. The summed E-state index contributed by atoms with van der Waals surface area (Å²) in [5.74, 6) is 1.78. The van der Waals surface area contributed by atoms with Gasteiger partial charge in [-0.25, -0.2) is 0 Å². The first kappa shape index (κ1) is 34.8. The molecule has 0 bridgehead atoms. The number of anilines is 3. The smallest absolute Gasteiger partial charge is 0.132 e. The van der Waals surface area contributed by atoms with Gasteiger partial charge in [-0.05, 0) is 107 Å². The van der Waals surface area contributed by atoms with E-state index in [0.717, 1.165) is 45.4 Å². The van der Waals surface area contributed by atoms with E-state index in [9.17, 15) is 0 Å². The molecule has 0 unspecified atom stereocenters. The SMILES string of the molecule is c1ccc(-n2c3ccccc3c3cc(N(c4ccc5sc6ccccc6c5c4)c4ccc5c6c(cccc46)C4(c6ccccc6Oc6ccccc64)c4ccccc4-5)ccc32)cc1. The zero-order chi connectivity index (χ0) is 41.2. The molecule has 10 aromatic carbocycles. The van der Waals surface area contributed by atoms with Crippen LogP contribution in [-0.2, 0) is 5.41 Å². The van der Waals surface area contributed by atoms with Crippen LogP contribution in [0.15, 0.2) is 218 Å². The number of fused-ring (bicyclic) bond motifs is 14. The van der Waals surface area contributed by atoms with Crippen LogP contribution in [0.1, 0.15) is 22.3 Å². The first-order chi connectivity index (χ1) is 31.3.